The van der Waals surface area contributed by atoms with Crippen molar-refractivity contribution in [2.45, 2.75) is 50.7 Å². The van der Waals surface area contributed by atoms with Crippen molar-refractivity contribution in [3.8, 4) is 0 Å². The SMILES string of the molecule is C[C@H](NC(=O)N1CCC[C@H](c2nc3ccccc3[nH]2)C1)[C@@H]1CCCO1. The lowest BCUT2D eigenvalue weighted by molar-refractivity contribution is 0.0823. The predicted octanol–water partition coefficient (Wildman–Crippen LogP) is 3.02. The van der Waals surface area contributed by atoms with Crippen LogP contribution in [0.15, 0.2) is 24.3 Å². The third kappa shape index (κ3) is 3.49. The first-order chi connectivity index (χ1) is 12.2. The lowest BCUT2D eigenvalue weighted by Crippen LogP contribution is -2.50. The fraction of sp³-hybridized carbons (Fsp3) is 0.579. The van der Waals surface area contributed by atoms with Gasteiger partial charge in [-0.15, -0.1) is 0 Å². The molecule has 25 heavy (non-hydrogen) atoms. The topological polar surface area (TPSA) is 70.2 Å². The minimum absolute atomic E-state index is 0.0174. The van der Waals surface area contributed by atoms with Crippen LogP contribution >= 0.6 is 0 Å². The number of nitrogens with zero attached hydrogens (tertiary/aromatic N) is 2. The number of para-hydroxylation sites is 2. The van der Waals surface area contributed by atoms with Crippen LogP contribution in [0.4, 0.5) is 4.79 Å². The second kappa shape index (κ2) is 7.04. The predicted molar refractivity (Wildman–Crippen MR) is 96.6 cm³/mol. The smallest absolute Gasteiger partial charge is 0.317 e. The van der Waals surface area contributed by atoms with E-state index in [0.29, 0.717) is 6.54 Å². The van der Waals surface area contributed by atoms with Crippen molar-refractivity contribution >= 4 is 17.1 Å². The van der Waals surface area contributed by atoms with E-state index in [4.69, 9.17) is 9.72 Å². The molecule has 6 heteroatoms. The van der Waals surface area contributed by atoms with Crippen LogP contribution < -0.4 is 5.32 Å². The Morgan fingerprint density at radius 2 is 2.24 bits per heavy atom. The van der Waals surface area contributed by atoms with E-state index >= 15 is 0 Å². The number of fused-ring (bicyclic) bond motifs is 1. The van der Waals surface area contributed by atoms with E-state index in [9.17, 15) is 4.79 Å². The number of nitrogens with one attached hydrogen (secondary N) is 2. The standard InChI is InChI=1S/C19H26N4O2/c1-13(17-9-5-11-25-17)20-19(24)23-10-4-6-14(12-23)18-21-15-7-2-3-8-16(15)22-18/h2-3,7-8,13-14,17H,4-6,9-12H2,1H3,(H,20,24)(H,21,22)/t13-,14-,17-/m0/s1. The van der Waals surface area contributed by atoms with Crippen LogP contribution in [0, 0.1) is 0 Å². The van der Waals surface area contributed by atoms with Gasteiger partial charge in [-0.25, -0.2) is 9.78 Å². The Kier molecular flexibility index (Phi) is 4.61. The zero-order chi connectivity index (χ0) is 17.2. The molecule has 2 aliphatic rings. The normalized spacial score (nSPS) is 25.2. The van der Waals surface area contributed by atoms with Crippen molar-refractivity contribution in [2.24, 2.45) is 0 Å². The van der Waals surface area contributed by atoms with E-state index in [0.717, 1.165) is 55.7 Å². The summed E-state index contributed by atoms with van der Waals surface area (Å²) in [4.78, 5) is 22.7. The van der Waals surface area contributed by atoms with E-state index in [-0.39, 0.29) is 24.1 Å². The number of H-pyrrole nitrogens is 1. The summed E-state index contributed by atoms with van der Waals surface area (Å²) < 4.78 is 5.68. The third-order valence-electron chi connectivity index (χ3n) is 5.38. The molecular formula is C19H26N4O2. The molecule has 2 aromatic rings. The molecule has 0 radical (unpaired) electrons. The lowest BCUT2D eigenvalue weighted by Gasteiger charge is -2.33. The van der Waals surface area contributed by atoms with Crippen molar-refractivity contribution in [1.29, 1.82) is 0 Å². The van der Waals surface area contributed by atoms with Crippen molar-refractivity contribution in [2.75, 3.05) is 19.7 Å². The van der Waals surface area contributed by atoms with Gasteiger partial charge in [0.1, 0.15) is 5.82 Å². The first kappa shape index (κ1) is 16.4. The molecule has 1 aromatic carbocycles. The fourth-order valence-electron chi connectivity index (χ4n) is 3.93. The number of likely N-dealkylation sites (tertiary alicyclic amines) is 1. The highest BCUT2D eigenvalue weighted by atomic mass is 16.5. The molecule has 2 fully saturated rings. The molecule has 2 N–H and O–H groups in total. The van der Waals surface area contributed by atoms with E-state index < -0.39 is 0 Å². The number of amides is 2. The van der Waals surface area contributed by atoms with Crippen LogP contribution in [-0.4, -0.2) is 52.7 Å². The summed E-state index contributed by atoms with van der Waals surface area (Å²) in [5, 5.41) is 3.12. The summed E-state index contributed by atoms with van der Waals surface area (Å²) in [7, 11) is 0. The molecule has 134 valence electrons. The van der Waals surface area contributed by atoms with Gasteiger partial charge < -0.3 is 19.9 Å². The Morgan fingerprint density at radius 1 is 1.36 bits per heavy atom. The Balaban J connectivity index is 1.40. The number of aromatic nitrogens is 2. The van der Waals surface area contributed by atoms with Crippen LogP contribution in [0.1, 0.15) is 44.3 Å². The molecule has 4 rings (SSSR count). The second-order valence-corrected chi connectivity index (χ2v) is 7.21. The number of carbonyl (C=O) groups is 1. The zero-order valence-corrected chi connectivity index (χ0v) is 14.7. The Bertz CT molecular complexity index is 705. The summed E-state index contributed by atoms with van der Waals surface area (Å²) >= 11 is 0. The van der Waals surface area contributed by atoms with Crippen molar-refractivity contribution < 1.29 is 9.53 Å². The summed E-state index contributed by atoms with van der Waals surface area (Å²) in [6, 6.07) is 8.15. The summed E-state index contributed by atoms with van der Waals surface area (Å²) in [5.74, 6) is 1.26. The van der Waals surface area contributed by atoms with Gasteiger partial charge in [-0.2, -0.15) is 0 Å². The van der Waals surface area contributed by atoms with Gasteiger partial charge in [0, 0.05) is 25.6 Å². The van der Waals surface area contributed by atoms with E-state index in [2.05, 4.69) is 10.3 Å². The largest absolute Gasteiger partial charge is 0.376 e. The molecule has 0 bridgehead atoms. The van der Waals surface area contributed by atoms with Gasteiger partial charge >= 0.3 is 6.03 Å². The third-order valence-corrected chi connectivity index (χ3v) is 5.38. The Labute approximate surface area is 147 Å². The average molecular weight is 342 g/mol. The van der Waals surface area contributed by atoms with Crippen molar-refractivity contribution in [3.05, 3.63) is 30.1 Å². The number of ether oxygens (including phenoxy) is 1. The molecule has 3 atom stereocenters. The highest BCUT2D eigenvalue weighted by Crippen LogP contribution is 2.27. The molecule has 2 saturated heterocycles. The summed E-state index contributed by atoms with van der Waals surface area (Å²) in [6.07, 6.45) is 4.33. The van der Waals surface area contributed by atoms with Crippen LogP contribution in [0.3, 0.4) is 0 Å². The van der Waals surface area contributed by atoms with Crippen LogP contribution in [0.5, 0.6) is 0 Å². The number of benzene rings is 1. The van der Waals surface area contributed by atoms with Crippen LogP contribution in [0.25, 0.3) is 11.0 Å². The highest BCUT2D eigenvalue weighted by Gasteiger charge is 2.29. The first-order valence-corrected chi connectivity index (χ1v) is 9.32. The molecule has 0 saturated carbocycles. The van der Waals surface area contributed by atoms with Crippen molar-refractivity contribution in [3.63, 3.8) is 0 Å². The number of aromatic amines is 1. The van der Waals surface area contributed by atoms with E-state index in [1.807, 2.05) is 36.1 Å². The number of urea groups is 1. The number of imidazole rings is 1. The first-order valence-electron chi connectivity index (χ1n) is 9.32. The molecule has 6 nitrogen and oxygen atoms in total. The van der Waals surface area contributed by atoms with E-state index in [1.165, 1.54) is 0 Å². The maximum absolute atomic E-state index is 12.6. The maximum Gasteiger partial charge on any atom is 0.317 e. The minimum Gasteiger partial charge on any atom is -0.376 e. The van der Waals surface area contributed by atoms with Gasteiger partial charge in [0.25, 0.3) is 0 Å². The van der Waals surface area contributed by atoms with Crippen LogP contribution in [-0.2, 0) is 4.74 Å². The molecule has 0 spiro atoms. The van der Waals surface area contributed by atoms with Gasteiger partial charge in [0.05, 0.1) is 23.2 Å². The molecule has 0 unspecified atom stereocenters. The maximum atomic E-state index is 12.6. The van der Waals surface area contributed by atoms with E-state index in [1.54, 1.807) is 0 Å². The molecular weight excluding hydrogens is 316 g/mol. The molecule has 3 heterocycles. The zero-order valence-electron chi connectivity index (χ0n) is 14.7. The highest BCUT2D eigenvalue weighted by molar-refractivity contribution is 5.76. The summed E-state index contributed by atoms with van der Waals surface area (Å²) in [5.41, 5.74) is 2.05. The minimum atomic E-state index is 0.0174. The lowest BCUT2D eigenvalue weighted by atomic mass is 9.97. The summed E-state index contributed by atoms with van der Waals surface area (Å²) in [6.45, 7) is 4.36. The number of piperidine rings is 1. The van der Waals surface area contributed by atoms with Gasteiger partial charge in [-0.3, -0.25) is 0 Å². The van der Waals surface area contributed by atoms with Crippen molar-refractivity contribution in [1.82, 2.24) is 20.2 Å². The number of carbonyl (C=O) groups excluding carboxylic acids is 1. The number of rotatable bonds is 3. The molecule has 1 aromatic heterocycles. The Morgan fingerprint density at radius 3 is 3.04 bits per heavy atom. The fourth-order valence-corrected chi connectivity index (χ4v) is 3.93. The van der Waals surface area contributed by atoms with Gasteiger partial charge in [0.15, 0.2) is 0 Å². The molecule has 2 aliphatic heterocycles. The van der Waals surface area contributed by atoms with Gasteiger partial charge in [-0.05, 0) is 44.7 Å². The number of hydrogen-bond acceptors (Lipinski definition) is 3. The quantitative estimate of drug-likeness (QED) is 0.901. The Hall–Kier alpha value is -2.08. The molecule has 2 amide bonds. The monoisotopic (exact) mass is 342 g/mol. The average Bonchev–Trinajstić information content (AvgIpc) is 3.31. The van der Waals surface area contributed by atoms with Gasteiger partial charge in [-0.1, -0.05) is 12.1 Å². The molecule has 0 aliphatic carbocycles. The second-order valence-electron chi connectivity index (χ2n) is 7.21. The van der Waals surface area contributed by atoms with Gasteiger partial charge in [0.2, 0.25) is 0 Å². The van der Waals surface area contributed by atoms with Crippen LogP contribution in [0.2, 0.25) is 0 Å². The number of hydrogen-bond donors (Lipinski definition) is 2.